The molecule has 0 radical (unpaired) electrons. The Morgan fingerprint density at radius 3 is 2.58 bits per heavy atom. The van der Waals surface area contributed by atoms with Crippen LogP contribution in [0.25, 0.3) is 0 Å². The van der Waals surface area contributed by atoms with Crippen molar-refractivity contribution in [3.63, 3.8) is 0 Å². The molecule has 0 aliphatic carbocycles. The van der Waals surface area contributed by atoms with Gasteiger partial charge in [-0.05, 0) is 24.1 Å². The van der Waals surface area contributed by atoms with E-state index in [0.29, 0.717) is 19.5 Å². The van der Waals surface area contributed by atoms with Crippen molar-refractivity contribution in [2.75, 3.05) is 26.1 Å². The van der Waals surface area contributed by atoms with Gasteiger partial charge in [0, 0.05) is 13.1 Å². The Morgan fingerprint density at radius 1 is 1.37 bits per heavy atom. The van der Waals surface area contributed by atoms with Crippen molar-refractivity contribution in [2.24, 2.45) is 0 Å². The van der Waals surface area contributed by atoms with Crippen LogP contribution in [0.4, 0.5) is 0 Å². The van der Waals surface area contributed by atoms with Crippen molar-refractivity contribution in [1.29, 1.82) is 5.26 Å². The zero-order chi connectivity index (χ0) is 14.1. The maximum absolute atomic E-state index is 11.6. The SMILES string of the molecule is COc1ccc(CCN(CCC#N)C(=O)CCl)cc1. The number of nitrogens with zero attached hydrogens (tertiary/aromatic N) is 2. The van der Waals surface area contributed by atoms with Gasteiger partial charge in [0.25, 0.3) is 0 Å². The first-order chi connectivity index (χ1) is 9.21. The monoisotopic (exact) mass is 280 g/mol. The van der Waals surface area contributed by atoms with Crippen molar-refractivity contribution in [3.05, 3.63) is 29.8 Å². The molecule has 0 atom stereocenters. The minimum atomic E-state index is -0.134. The summed E-state index contributed by atoms with van der Waals surface area (Å²) in [6.45, 7) is 0.998. The van der Waals surface area contributed by atoms with Crippen LogP contribution in [0, 0.1) is 11.3 Å². The third-order valence-corrected chi connectivity index (χ3v) is 3.02. The van der Waals surface area contributed by atoms with Crippen LogP contribution in [0.3, 0.4) is 0 Å². The maximum Gasteiger partial charge on any atom is 0.237 e. The Labute approximate surface area is 118 Å². The topological polar surface area (TPSA) is 53.3 Å². The Balaban J connectivity index is 2.54. The quantitative estimate of drug-likeness (QED) is 0.720. The number of halogens is 1. The van der Waals surface area contributed by atoms with Gasteiger partial charge < -0.3 is 9.64 Å². The van der Waals surface area contributed by atoms with E-state index in [0.717, 1.165) is 17.7 Å². The van der Waals surface area contributed by atoms with Crippen molar-refractivity contribution in [2.45, 2.75) is 12.8 Å². The molecule has 1 amide bonds. The predicted molar refractivity (Wildman–Crippen MR) is 74.2 cm³/mol. The second kappa shape index (κ2) is 8.39. The fraction of sp³-hybridized carbons (Fsp3) is 0.429. The molecular formula is C14H17ClN2O2. The van der Waals surface area contributed by atoms with Gasteiger partial charge >= 0.3 is 0 Å². The van der Waals surface area contributed by atoms with Gasteiger partial charge in [0.1, 0.15) is 11.6 Å². The second-order valence-electron chi connectivity index (χ2n) is 4.02. The molecule has 1 aromatic carbocycles. The molecule has 0 saturated carbocycles. The Kier molecular flexibility index (Phi) is 6.76. The van der Waals surface area contributed by atoms with Crippen LogP contribution >= 0.6 is 11.6 Å². The summed E-state index contributed by atoms with van der Waals surface area (Å²) in [6.07, 6.45) is 1.06. The fourth-order valence-corrected chi connectivity index (χ4v) is 1.86. The smallest absolute Gasteiger partial charge is 0.237 e. The standard InChI is InChI=1S/C14H17ClN2O2/c1-19-13-5-3-12(4-6-13)7-10-17(9-2-8-16)14(18)11-15/h3-6H,2,7,9-11H2,1H3. The van der Waals surface area contributed by atoms with E-state index in [4.69, 9.17) is 21.6 Å². The molecule has 0 spiro atoms. The molecule has 1 aromatic rings. The molecule has 102 valence electrons. The number of amides is 1. The molecule has 0 aliphatic heterocycles. The van der Waals surface area contributed by atoms with Crippen molar-refractivity contribution < 1.29 is 9.53 Å². The highest BCUT2D eigenvalue weighted by Gasteiger charge is 2.11. The number of carbonyl (C=O) groups excluding carboxylic acids is 1. The third kappa shape index (κ3) is 5.19. The molecule has 4 nitrogen and oxygen atoms in total. The number of benzene rings is 1. The Hall–Kier alpha value is -1.73. The van der Waals surface area contributed by atoms with Crippen LogP contribution in [-0.4, -0.2) is 36.9 Å². The van der Waals surface area contributed by atoms with Crippen molar-refractivity contribution in [3.8, 4) is 11.8 Å². The van der Waals surface area contributed by atoms with E-state index in [1.807, 2.05) is 30.3 Å². The summed E-state index contributed by atoms with van der Waals surface area (Å²) in [7, 11) is 1.62. The van der Waals surface area contributed by atoms with Gasteiger partial charge in [-0.15, -0.1) is 11.6 Å². The third-order valence-electron chi connectivity index (χ3n) is 2.79. The van der Waals surface area contributed by atoms with Gasteiger partial charge in [-0.2, -0.15) is 5.26 Å². The first kappa shape index (κ1) is 15.3. The second-order valence-corrected chi connectivity index (χ2v) is 4.29. The molecule has 0 N–H and O–H groups in total. The fourth-order valence-electron chi connectivity index (χ4n) is 1.69. The lowest BCUT2D eigenvalue weighted by atomic mass is 10.1. The predicted octanol–water partition coefficient (Wildman–Crippen LogP) is 2.22. The van der Waals surface area contributed by atoms with Gasteiger partial charge in [-0.1, -0.05) is 12.1 Å². The maximum atomic E-state index is 11.6. The molecule has 19 heavy (non-hydrogen) atoms. The van der Waals surface area contributed by atoms with Crippen LogP contribution < -0.4 is 4.74 Å². The van der Waals surface area contributed by atoms with E-state index in [9.17, 15) is 4.79 Å². The van der Waals surface area contributed by atoms with E-state index in [-0.39, 0.29) is 11.8 Å². The van der Waals surface area contributed by atoms with Gasteiger partial charge in [0.05, 0.1) is 19.6 Å². The normalized spacial score (nSPS) is 9.74. The molecular weight excluding hydrogens is 264 g/mol. The zero-order valence-electron chi connectivity index (χ0n) is 10.9. The minimum Gasteiger partial charge on any atom is -0.497 e. The largest absolute Gasteiger partial charge is 0.497 e. The van der Waals surface area contributed by atoms with Crippen LogP contribution in [0.2, 0.25) is 0 Å². The summed E-state index contributed by atoms with van der Waals surface area (Å²) in [5.41, 5.74) is 1.12. The summed E-state index contributed by atoms with van der Waals surface area (Å²) < 4.78 is 5.09. The summed E-state index contributed by atoms with van der Waals surface area (Å²) in [4.78, 5) is 13.2. The van der Waals surface area contributed by atoms with Crippen molar-refractivity contribution in [1.82, 2.24) is 4.90 Å². The number of carbonyl (C=O) groups is 1. The zero-order valence-corrected chi connectivity index (χ0v) is 11.7. The summed E-state index contributed by atoms with van der Waals surface area (Å²) in [5.74, 6) is 0.626. The lowest BCUT2D eigenvalue weighted by Crippen LogP contribution is -2.34. The highest BCUT2D eigenvalue weighted by Crippen LogP contribution is 2.12. The summed E-state index contributed by atoms with van der Waals surface area (Å²) in [6, 6.07) is 9.74. The lowest BCUT2D eigenvalue weighted by Gasteiger charge is -2.20. The molecule has 5 heteroatoms. The molecule has 0 bridgehead atoms. The average molecular weight is 281 g/mol. The van der Waals surface area contributed by atoms with Gasteiger partial charge in [0.2, 0.25) is 5.91 Å². The first-order valence-electron chi connectivity index (χ1n) is 6.05. The van der Waals surface area contributed by atoms with Gasteiger partial charge in [-0.3, -0.25) is 4.79 Å². The summed E-state index contributed by atoms with van der Waals surface area (Å²) >= 11 is 5.56. The van der Waals surface area contributed by atoms with E-state index in [1.54, 1.807) is 12.0 Å². The average Bonchev–Trinajstić information content (AvgIpc) is 2.47. The van der Waals surface area contributed by atoms with Crippen LogP contribution in [0.15, 0.2) is 24.3 Å². The minimum absolute atomic E-state index is 0.0476. The van der Waals surface area contributed by atoms with E-state index >= 15 is 0 Å². The number of hydrogen-bond acceptors (Lipinski definition) is 3. The van der Waals surface area contributed by atoms with Crippen LogP contribution in [0.5, 0.6) is 5.75 Å². The summed E-state index contributed by atoms with van der Waals surface area (Å²) in [5, 5.41) is 8.58. The number of hydrogen-bond donors (Lipinski definition) is 0. The van der Waals surface area contributed by atoms with E-state index < -0.39 is 0 Å². The molecule has 0 aliphatic rings. The highest BCUT2D eigenvalue weighted by molar-refractivity contribution is 6.27. The molecule has 0 aromatic heterocycles. The molecule has 0 saturated heterocycles. The number of methoxy groups -OCH3 is 1. The van der Waals surface area contributed by atoms with Crippen molar-refractivity contribution >= 4 is 17.5 Å². The van der Waals surface area contributed by atoms with Gasteiger partial charge in [-0.25, -0.2) is 0 Å². The highest BCUT2D eigenvalue weighted by atomic mass is 35.5. The molecule has 1 rings (SSSR count). The number of alkyl halides is 1. The number of nitriles is 1. The molecule has 0 fully saturated rings. The molecule has 0 unspecified atom stereocenters. The Bertz CT molecular complexity index is 440. The van der Waals surface area contributed by atoms with Gasteiger partial charge in [0.15, 0.2) is 0 Å². The van der Waals surface area contributed by atoms with Crippen LogP contribution in [0.1, 0.15) is 12.0 Å². The Morgan fingerprint density at radius 2 is 2.05 bits per heavy atom. The lowest BCUT2D eigenvalue weighted by molar-refractivity contribution is -0.128. The van der Waals surface area contributed by atoms with E-state index in [2.05, 4.69) is 0 Å². The number of ether oxygens (including phenoxy) is 1. The number of rotatable bonds is 7. The molecule has 0 heterocycles. The van der Waals surface area contributed by atoms with Crippen LogP contribution in [-0.2, 0) is 11.2 Å². The van der Waals surface area contributed by atoms with E-state index in [1.165, 1.54) is 0 Å². The first-order valence-corrected chi connectivity index (χ1v) is 6.58.